The zero-order valence-electron chi connectivity index (χ0n) is 11.9. The van der Waals surface area contributed by atoms with Crippen molar-refractivity contribution in [2.24, 2.45) is 4.99 Å². The number of hydrogen-bond donors (Lipinski definition) is 2. The lowest BCUT2D eigenvalue weighted by Crippen LogP contribution is -2.46. The number of carbonyl (C=O) groups is 1. The number of rotatable bonds is 3. The van der Waals surface area contributed by atoms with Crippen LogP contribution in [0.4, 0.5) is 0 Å². The zero-order chi connectivity index (χ0) is 14.0. The third-order valence-electron chi connectivity index (χ3n) is 2.73. The van der Waals surface area contributed by atoms with E-state index in [4.69, 9.17) is 0 Å². The van der Waals surface area contributed by atoms with Crippen LogP contribution in [0.1, 0.15) is 45.9 Å². The molecule has 1 unspecified atom stereocenters. The van der Waals surface area contributed by atoms with Gasteiger partial charge in [-0.25, -0.2) is 9.98 Å². The van der Waals surface area contributed by atoms with Crippen molar-refractivity contribution in [3.05, 3.63) is 18.2 Å². The fourth-order valence-corrected chi connectivity index (χ4v) is 2.01. The molecule has 0 saturated heterocycles. The van der Waals surface area contributed by atoms with E-state index in [0.29, 0.717) is 5.96 Å². The molecule has 0 radical (unpaired) electrons. The second kappa shape index (κ2) is 5.03. The molecule has 0 fully saturated rings. The topological polar surface area (TPSA) is 71.3 Å². The monoisotopic (exact) mass is 263 g/mol. The normalized spacial score (nSPS) is 19.3. The smallest absolute Gasteiger partial charge is 0.257 e. The summed E-state index contributed by atoms with van der Waals surface area (Å²) in [6, 6.07) is -0.501. The molecule has 0 spiro atoms. The van der Waals surface area contributed by atoms with Gasteiger partial charge in [-0.1, -0.05) is 6.92 Å². The van der Waals surface area contributed by atoms with E-state index in [-0.39, 0.29) is 11.4 Å². The molecule has 1 aromatic heterocycles. The summed E-state index contributed by atoms with van der Waals surface area (Å²) in [7, 11) is 0. The van der Waals surface area contributed by atoms with E-state index < -0.39 is 6.04 Å². The Hall–Kier alpha value is -1.85. The summed E-state index contributed by atoms with van der Waals surface area (Å²) in [5.41, 5.74) is 0.704. The lowest BCUT2D eigenvalue weighted by atomic mass is 10.1. The standard InChI is InChI=1S/C13H21N5O/c1-5-6-18-8-14-7-9(18)10-11(19)16-12(15-10)17-13(2,3)4/h7-8,10H,5-6H2,1-4H3,(H2,15,16,17,19). The Morgan fingerprint density at radius 1 is 1.47 bits per heavy atom. The van der Waals surface area contributed by atoms with Crippen LogP contribution in [0.25, 0.3) is 0 Å². The first kappa shape index (κ1) is 13.6. The fraction of sp³-hybridized carbons (Fsp3) is 0.615. The van der Waals surface area contributed by atoms with Gasteiger partial charge in [0.25, 0.3) is 5.91 Å². The Bertz CT molecular complexity index is 497. The van der Waals surface area contributed by atoms with E-state index in [0.717, 1.165) is 18.7 Å². The Balaban J connectivity index is 2.20. The van der Waals surface area contributed by atoms with Crippen LogP contribution in [0.15, 0.2) is 17.5 Å². The molecule has 19 heavy (non-hydrogen) atoms. The van der Waals surface area contributed by atoms with Crippen molar-refractivity contribution in [3.63, 3.8) is 0 Å². The summed E-state index contributed by atoms with van der Waals surface area (Å²) in [6.45, 7) is 9.01. The van der Waals surface area contributed by atoms with Crippen molar-refractivity contribution < 1.29 is 4.79 Å². The van der Waals surface area contributed by atoms with Crippen LogP contribution in [0.2, 0.25) is 0 Å². The van der Waals surface area contributed by atoms with E-state index >= 15 is 0 Å². The van der Waals surface area contributed by atoms with E-state index in [2.05, 4.69) is 27.5 Å². The van der Waals surface area contributed by atoms with Crippen molar-refractivity contribution in [1.29, 1.82) is 0 Å². The minimum Gasteiger partial charge on any atom is -0.351 e. The highest BCUT2D eigenvalue weighted by Crippen LogP contribution is 2.21. The molecule has 2 rings (SSSR count). The maximum atomic E-state index is 12.0. The second-order valence-electron chi connectivity index (χ2n) is 5.76. The molecule has 0 bridgehead atoms. The molecule has 104 valence electrons. The molecule has 1 aromatic rings. The summed E-state index contributed by atoms with van der Waals surface area (Å²) < 4.78 is 1.98. The number of carbonyl (C=O) groups excluding carboxylic acids is 1. The summed E-state index contributed by atoms with van der Waals surface area (Å²) in [5.74, 6) is 0.427. The molecular weight excluding hydrogens is 242 g/mol. The van der Waals surface area contributed by atoms with Gasteiger partial charge in [0.05, 0.1) is 18.2 Å². The van der Waals surface area contributed by atoms with Crippen molar-refractivity contribution in [2.75, 3.05) is 0 Å². The minimum atomic E-state index is -0.501. The highest BCUT2D eigenvalue weighted by molar-refractivity contribution is 6.05. The summed E-state index contributed by atoms with van der Waals surface area (Å²) in [6.07, 6.45) is 4.45. The van der Waals surface area contributed by atoms with Crippen LogP contribution in [0, 0.1) is 0 Å². The first-order chi connectivity index (χ1) is 8.90. The summed E-state index contributed by atoms with van der Waals surface area (Å²) in [5, 5.41) is 5.96. The van der Waals surface area contributed by atoms with E-state index in [1.807, 2.05) is 25.3 Å². The molecule has 0 aromatic carbocycles. The Morgan fingerprint density at radius 2 is 2.21 bits per heavy atom. The predicted molar refractivity (Wildman–Crippen MR) is 73.7 cm³/mol. The molecule has 6 nitrogen and oxygen atoms in total. The molecule has 1 amide bonds. The van der Waals surface area contributed by atoms with Gasteiger partial charge >= 0.3 is 0 Å². The number of aliphatic imine (C=N–C) groups is 1. The van der Waals surface area contributed by atoms with Gasteiger partial charge in [0.1, 0.15) is 0 Å². The van der Waals surface area contributed by atoms with Crippen LogP contribution < -0.4 is 10.6 Å². The largest absolute Gasteiger partial charge is 0.351 e. The van der Waals surface area contributed by atoms with E-state index in [1.165, 1.54) is 0 Å². The zero-order valence-corrected chi connectivity index (χ0v) is 11.9. The molecule has 1 aliphatic heterocycles. The molecule has 0 aliphatic carbocycles. The van der Waals surface area contributed by atoms with Crippen LogP contribution in [0.5, 0.6) is 0 Å². The highest BCUT2D eigenvalue weighted by atomic mass is 16.2. The van der Waals surface area contributed by atoms with E-state index in [9.17, 15) is 4.79 Å². The molecule has 1 atom stereocenters. The second-order valence-corrected chi connectivity index (χ2v) is 5.76. The Labute approximate surface area is 113 Å². The average molecular weight is 263 g/mol. The van der Waals surface area contributed by atoms with Crippen LogP contribution in [-0.4, -0.2) is 27.0 Å². The first-order valence-electron chi connectivity index (χ1n) is 6.57. The van der Waals surface area contributed by atoms with Gasteiger partial charge in [0, 0.05) is 12.1 Å². The number of imidazole rings is 1. The van der Waals surface area contributed by atoms with Gasteiger partial charge < -0.3 is 9.88 Å². The lowest BCUT2D eigenvalue weighted by Gasteiger charge is -2.21. The van der Waals surface area contributed by atoms with Crippen molar-refractivity contribution >= 4 is 11.9 Å². The lowest BCUT2D eigenvalue weighted by molar-refractivity contribution is -0.120. The number of aryl methyl sites for hydroxylation is 1. The van der Waals surface area contributed by atoms with E-state index in [1.54, 1.807) is 12.5 Å². The fourth-order valence-electron chi connectivity index (χ4n) is 2.01. The number of aromatic nitrogens is 2. The van der Waals surface area contributed by atoms with Gasteiger partial charge in [-0.3, -0.25) is 10.1 Å². The van der Waals surface area contributed by atoms with Gasteiger partial charge in [0.15, 0.2) is 12.0 Å². The third-order valence-corrected chi connectivity index (χ3v) is 2.73. The Morgan fingerprint density at radius 3 is 2.84 bits per heavy atom. The van der Waals surface area contributed by atoms with Gasteiger partial charge in [-0.2, -0.15) is 0 Å². The van der Waals surface area contributed by atoms with Crippen LogP contribution in [0.3, 0.4) is 0 Å². The maximum Gasteiger partial charge on any atom is 0.257 e. The summed E-state index contributed by atoms with van der Waals surface area (Å²) >= 11 is 0. The number of hydrogen-bond acceptors (Lipinski definition) is 4. The molecule has 2 heterocycles. The Kier molecular flexibility index (Phi) is 3.59. The third kappa shape index (κ3) is 3.13. The number of guanidine groups is 1. The SMILES string of the molecule is CCCn1cncc1C1N=C(NC(C)(C)C)NC1=O. The first-order valence-corrected chi connectivity index (χ1v) is 6.57. The number of nitrogens with zero attached hydrogens (tertiary/aromatic N) is 3. The van der Waals surface area contributed by atoms with Crippen molar-refractivity contribution in [3.8, 4) is 0 Å². The predicted octanol–water partition coefficient (Wildman–Crippen LogP) is 1.21. The van der Waals surface area contributed by atoms with Gasteiger partial charge in [-0.05, 0) is 27.2 Å². The van der Waals surface area contributed by atoms with Crippen LogP contribution >= 0.6 is 0 Å². The van der Waals surface area contributed by atoms with Gasteiger partial charge in [0.2, 0.25) is 0 Å². The molecule has 2 N–H and O–H groups in total. The van der Waals surface area contributed by atoms with Crippen molar-refractivity contribution in [2.45, 2.75) is 52.2 Å². The number of amides is 1. The van der Waals surface area contributed by atoms with Crippen molar-refractivity contribution in [1.82, 2.24) is 20.2 Å². The summed E-state index contributed by atoms with van der Waals surface area (Å²) in [4.78, 5) is 20.6. The highest BCUT2D eigenvalue weighted by Gasteiger charge is 2.31. The minimum absolute atomic E-state index is 0.107. The van der Waals surface area contributed by atoms with Crippen LogP contribution in [-0.2, 0) is 11.3 Å². The van der Waals surface area contributed by atoms with Gasteiger partial charge in [-0.15, -0.1) is 0 Å². The average Bonchev–Trinajstić information content (AvgIpc) is 2.83. The number of nitrogens with one attached hydrogen (secondary N) is 2. The molecule has 6 heteroatoms. The quantitative estimate of drug-likeness (QED) is 0.861. The molecule has 1 aliphatic rings. The maximum absolute atomic E-state index is 12.0. The molecular formula is C13H21N5O. The molecule has 0 saturated carbocycles.